The Bertz CT molecular complexity index is 555. The number of aliphatic hydroxyl groups is 1. The molecule has 2 rings (SSSR count). The highest BCUT2D eigenvalue weighted by atomic mass is 16.3. The van der Waals surface area contributed by atoms with Gasteiger partial charge in [0.05, 0.1) is 17.5 Å². The highest BCUT2D eigenvalue weighted by molar-refractivity contribution is 5.40. The molecule has 4 N–H and O–H groups in total. The Morgan fingerprint density at radius 2 is 1.84 bits per heavy atom. The van der Waals surface area contributed by atoms with Gasteiger partial charge in [0.15, 0.2) is 0 Å². The molecule has 0 aliphatic rings. The zero-order chi connectivity index (χ0) is 13.8. The summed E-state index contributed by atoms with van der Waals surface area (Å²) in [6.07, 6.45) is -0.647. The molecule has 0 amide bonds. The lowest BCUT2D eigenvalue weighted by molar-refractivity contribution is 0.191. The summed E-state index contributed by atoms with van der Waals surface area (Å²) in [6, 6.07) is 7.10. The van der Waals surface area contributed by atoms with Crippen molar-refractivity contribution in [2.75, 3.05) is 17.6 Å². The summed E-state index contributed by atoms with van der Waals surface area (Å²) in [5, 5.41) is 20.9. The number of hydrogen-bond acceptors (Lipinski definition) is 6. The van der Waals surface area contributed by atoms with Crippen molar-refractivity contribution >= 4 is 11.6 Å². The van der Waals surface area contributed by atoms with Gasteiger partial charge < -0.3 is 16.2 Å². The number of aryl methyl sites for hydroxylation is 2. The topological polar surface area (TPSA) is 97.0 Å². The highest BCUT2D eigenvalue weighted by Gasteiger charge is 2.08. The van der Waals surface area contributed by atoms with E-state index < -0.39 is 6.10 Å². The monoisotopic (exact) mass is 259 g/mol. The predicted molar refractivity (Wildman–Crippen MR) is 73.6 cm³/mol. The lowest BCUT2D eigenvalue weighted by Crippen LogP contribution is -2.15. The number of aromatic nitrogens is 3. The Morgan fingerprint density at radius 1 is 1.16 bits per heavy atom. The van der Waals surface area contributed by atoms with Crippen molar-refractivity contribution < 1.29 is 5.11 Å². The average molecular weight is 259 g/mol. The maximum atomic E-state index is 10.0. The second kappa shape index (κ2) is 5.62. The van der Waals surface area contributed by atoms with Crippen LogP contribution >= 0.6 is 0 Å². The lowest BCUT2D eigenvalue weighted by atomic mass is 10.1. The molecule has 0 saturated carbocycles. The summed E-state index contributed by atoms with van der Waals surface area (Å²) < 4.78 is 0. The minimum atomic E-state index is -0.647. The molecule has 0 aliphatic heterocycles. The van der Waals surface area contributed by atoms with E-state index >= 15 is 0 Å². The zero-order valence-corrected chi connectivity index (χ0v) is 11.0. The fraction of sp³-hybridized carbons (Fsp3) is 0.308. The van der Waals surface area contributed by atoms with Crippen LogP contribution in [0, 0.1) is 13.8 Å². The normalized spacial score (nSPS) is 12.2. The van der Waals surface area contributed by atoms with Crippen LogP contribution in [0.2, 0.25) is 0 Å². The molecule has 2 aromatic rings. The van der Waals surface area contributed by atoms with Gasteiger partial charge in [0, 0.05) is 12.2 Å². The molecule has 100 valence electrons. The van der Waals surface area contributed by atoms with Crippen molar-refractivity contribution in [3.8, 4) is 0 Å². The first-order valence-electron chi connectivity index (χ1n) is 6.01. The molecule has 0 spiro atoms. The number of aliphatic hydroxyl groups excluding tert-OH is 1. The zero-order valence-electron chi connectivity index (χ0n) is 11.0. The Morgan fingerprint density at radius 3 is 2.47 bits per heavy atom. The van der Waals surface area contributed by atoms with Crippen molar-refractivity contribution in [1.82, 2.24) is 15.2 Å². The predicted octanol–water partition coefficient (Wildman–Crippen LogP) is 1.22. The third kappa shape index (κ3) is 3.38. The molecule has 1 atom stereocenters. The van der Waals surface area contributed by atoms with Gasteiger partial charge in [-0.1, -0.05) is 12.1 Å². The molecule has 0 aliphatic carbocycles. The minimum Gasteiger partial charge on any atom is -0.399 e. The quantitative estimate of drug-likeness (QED) is 0.714. The molecule has 1 unspecified atom stereocenters. The molecule has 6 heteroatoms. The number of nitrogens with zero attached hydrogens (tertiary/aromatic N) is 3. The van der Waals surface area contributed by atoms with Crippen LogP contribution in [0.4, 0.5) is 11.6 Å². The van der Waals surface area contributed by atoms with Crippen LogP contribution in [0.15, 0.2) is 24.3 Å². The molecule has 0 saturated heterocycles. The van der Waals surface area contributed by atoms with Gasteiger partial charge in [0.25, 0.3) is 0 Å². The number of hydrogen-bond donors (Lipinski definition) is 3. The van der Waals surface area contributed by atoms with Gasteiger partial charge in [-0.05, 0) is 31.5 Å². The Hall–Kier alpha value is -2.21. The van der Waals surface area contributed by atoms with Crippen LogP contribution < -0.4 is 11.1 Å². The molecular weight excluding hydrogens is 242 g/mol. The second-order valence-corrected chi connectivity index (χ2v) is 4.37. The van der Waals surface area contributed by atoms with Crippen LogP contribution in [-0.2, 0) is 0 Å². The van der Waals surface area contributed by atoms with E-state index in [-0.39, 0.29) is 0 Å². The largest absolute Gasteiger partial charge is 0.399 e. The van der Waals surface area contributed by atoms with Crippen LogP contribution in [0.1, 0.15) is 23.1 Å². The number of rotatable bonds is 4. The first-order chi connectivity index (χ1) is 9.06. The van der Waals surface area contributed by atoms with E-state index in [4.69, 9.17) is 5.73 Å². The van der Waals surface area contributed by atoms with Gasteiger partial charge in [0.1, 0.15) is 0 Å². The molecule has 6 nitrogen and oxygen atoms in total. The third-order valence-corrected chi connectivity index (χ3v) is 2.87. The summed E-state index contributed by atoms with van der Waals surface area (Å²) in [7, 11) is 0. The summed E-state index contributed by atoms with van der Waals surface area (Å²) in [4.78, 5) is 4.24. The number of benzene rings is 1. The maximum absolute atomic E-state index is 10.0. The summed E-state index contributed by atoms with van der Waals surface area (Å²) in [5.41, 5.74) is 8.67. The molecule has 19 heavy (non-hydrogen) atoms. The molecule has 0 bridgehead atoms. The fourth-order valence-electron chi connectivity index (χ4n) is 1.56. The summed E-state index contributed by atoms with van der Waals surface area (Å²) >= 11 is 0. The fourth-order valence-corrected chi connectivity index (χ4v) is 1.56. The molecule has 1 heterocycles. The summed E-state index contributed by atoms with van der Waals surface area (Å²) in [5.74, 6) is 0.414. The number of nitrogens with two attached hydrogens (primary N) is 1. The van der Waals surface area contributed by atoms with Gasteiger partial charge in [-0.25, -0.2) is 4.98 Å². The number of nitrogen functional groups attached to an aromatic ring is 1. The first-order valence-corrected chi connectivity index (χ1v) is 6.01. The molecule has 0 fully saturated rings. The van der Waals surface area contributed by atoms with E-state index in [9.17, 15) is 5.11 Å². The minimum absolute atomic E-state index is 0.314. The van der Waals surface area contributed by atoms with Gasteiger partial charge in [-0.15, -0.1) is 5.10 Å². The SMILES string of the molecule is Cc1nnc(NCC(O)c2ccc(N)cc2)nc1C. The van der Waals surface area contributed by atoms with E-state index in [0.717, 1.165) is 17.0 Å². The lowest BCUT2D eigenvalue weighted by Gasteiger charge is -2.12. The highest BCUT2D eigenvalue weighted by Crippen LogP contribution is 2.15. The first kappa shape index (κ1) is 13.2. The molecule has 1 aromatic heterocycles. The Kier molecular flexibility index (Phi) is 3.91. The van der Waals surface area contributed by atoms with Gasteiger partial charge in [-0.3, -0.25) is 0 Å². The van der Waals surface area contributed by atoms with Gasteiger partial charge in [0.2, 0.25) is 5.95 Å². The van der Waals surface area contributed by atoms with E-state index in [2.05, 4.69) is 20.5 Å². The van der Waals surface area contributed by atoms with E-state index in [1.807, 2.05) is 13.8 Å². The Balaban J connectivity index is 1.98. The van der Waals surface area contributed by atoms with Gasteiger partial charge >= 0.3 is 0 Å². The maximum Gasteiger partial charge on any atom is 0.243 e. The molecular formula is C13H17N5O. The van der Waals surface area contributed by atoms with Crippen molar-refractivity contribution in [3.63, 3.8) is 0 Å². The van der Waals surface area contributed by atoms with Crippen LogP contribution in [-0.4, -0.2) is 26.8 Å². The van der Waals surface area contributed by atoms with Crippen molar-refractivity contribution in [2.45, 2.75) is 20.0 Å². The van der Waals surface area contributed by atoms with Crippen molar-refractivity contribution in [1.29, 1.82) is 0 Å². The van der Waals surface area contributed by atoms with Crippen LogP contribution in [0.3, 0.4) is 0 Å². The van der Waals surface area contributed by atoms with Crippen molar-refractivity contribution in [2.24, 2.45) is 0 Å². The molecule has 1 aromatic carbocycles. The van der Waals surface area contributed by atoms with E-state index in [1.54, 1.807) is 24.3 Å². The van der Waals surface area contributed by atoms with Gasteiger partial charge in [-0.2, -0.15) is 5.10 Å². The van der Waals surface area contributed by atoms with E-state index in [0.29, 0.717) is 18.2 Å². The number of nitrogens with one attached hydrogen (secondary N) is 1. The van der Waals surface area contributed by atoms with Crippen LogP contribution in [0.25, 0.3) is 0 Å². The standard InChI is InChI=1S/C13H17N5O/c1-8-9(2)17-18-13(16-8)15-7-12(19)10-3-5-11(14)6-4-10/h3-6,12,19H,7,14H2,1-2H3,(H,15,16,18). The summed E-state index contributed by atoms with van der Waals surface area (Å²) in [6.45, 7) is 4.03. The van der Waals surface area contributed by atoms with E-state index in [1.165, 1.54) is 0 Å². The average Bonchev–Trinajstić information content (AvgIpc) is 2.40. The van der Waals surface area contributed by atoms with Crippen molar-refractivity contribution in [3.05, 3.63) is 41.2 Å². The Labute approximate surface area is 111 Å². The van der Waals surface area contributed by atoms with Crippen LogP contribution in [0.5, 0.6) is 0 Å². The second-order valence-electron chi connectivity index (χ2n) is 4.37. The smallest absolute Gasteiger partial charge is 0.243 e. The molecule has 0 radical (unpaired) electrons. The number of anilines is 2. The third-order valence-electron chi connectivity index (χ3n) is 2.87.